The lowest BCUT2D eigenvalue weighted by Crippen LogP contribution is -2.49. The molecule has 162 valence electrons. The van der Waals surface area contributed by atoms with Crippen LogP contribution >= 0.6 is 0 Å². The van der Waals surface area contributed by atoms with E-state index in [4.69, 9.17) is 4.74 Å². The SMILES string of the molecule is CC1=Nc2cc3c(cc2C1)OC[C@H](NC(=O)c1cnn(Cc2ccccc2)c1)C(=O)N3C. The molecule has 0 radical (unpaired) electrons. The number of hydrogen-bond donors (Lipinski definition) is 1. The first-order chi connectivity index (χ1) is 15.5. The molecule has 1 atom stereocenters. The number of fused-ring (bicyclic) bond motifs is 2. The van der Waals surface area contributed by atoms with Crippen LogP contribution in [0.3, 0.4) is 0 Å². The molecule has 8 nitrogen and oxygen atoms in total. The fourth-order valence-corrected chi connectivity index (χ4v) is 4.02. The van der Waals surface area contributed by atoms with Crippen LogP contribution < -0.4 is 15.0 Å². The van der Waals surface area contributed by atoms with E-state index in [0.717, 1.165) is 28.9 Å². The van der Waals surface area contributed by atoms with Crippen LogP contribution in [0.15, 0.2) is 59.9 Å². The smallest absolute Gasteiger partial charge is 0.255 e. The van der Waals surface area contributed by atoms with E-state index in [1.165, 1.54) is 11.1 Å². The van der Waals surface area contributed by atoms with E-state index < -0.39 is 6.04 Å². The van der Waals surface area contributed by atoms with Crippen molar-refractivity contribution in [2.24, 2.45) is 4.99 Å². The Balaban J connectivity index is 1.30. The van der Waals surface area contributed by atoms with Crippen molar-refractivity contribution < 1.29 is 14.3 Å². The van der Waals surface area contributed by atoms with E-state index in [0.29, 0.717) is 23.5 Å². The van der Waals surface area contributed by atoms with Crippen LogP contribution in [0, 0.1) is 0 Å². The summed E-state index contributed by atoms with van der Waals surface area (Å²) in [5.74, 6) is 0.0118. The summed E-state index contributed by atoms with van der Waals surface area (Å²) in [6.07, 6.45) is 3.95. The Hall–Kier alpha value is -3.94. The van der Waals surface area contributed by atoms with E-state index in [9.17, 15) is 9.59 Å². The standard InChI is InChI=1S/C24H23N5O3/c1-15-8-17-9-22-21(10-19(17)26-15)28(2)24(31)20(14-32-22)27-23(30)18-11-25-29(13-18)12-16-6-4-3-5-7-16/h3-7,9-11,13,20H,8,12,14H2,1-2H3,(H,27,30)/t20-/m0/s1. The van der Waals surface area contributed by atoms with Crippen molar-refractivity contribution in [1.82, 2.24) is 15.1 Å². The second-order valence-electron chi connectivity index (χ2n) is 8.12. The van der Waals surface area contributed by atoms with Crippen molar-refractivity contribution >= 4 is 28.9 Å². The summed E-state index contributed by atoms with van der Waals surface area (Å²) in [4.78, 5) is 31.9. The molecule has 0 bridgehead atoms. The predicted octanol–water partition coefficient (Wildman–Crippen LogP) is 2.73. The first-order valence-corrected chi connectivity index (χ1v) is 10.5. The normalized spacial score (nSPS) is 17.2. The van der Waals surface area contributed by atoms with E-state index in [2.05, 4.69) is 15.4 Å². The molecule has 3 aromatic rings. The van der Waals surface area contributed by atoms with Crippen molar-refractivity contribution in [1.29, 1.82) is 0 Å². The summed E-state index contributed by atoms with van der Waals surface area (Å²) < 4.78 is 7.63. The van der Waals surface area contributed by atoms with E-state index in [1.54, 1.807) is 17.9 Å². The van der Waals surface area contributed by atoms with Gasteiger partial charge in [-0.15, -0.1) is 0 Å². The van der Waals surface area contributed by atoms with Crippen LogP contribution in [0.4, 0.5) is 11.4 Å². The highest BCUT2D eigenvalue weighted by molar-refractivity contribution is 6.04. The molecular weight excluding hydrogens is 406 g/mol. The maximum atomic E-state index is 13.1. The van der Waals surface area contributed by atoms with Crippen molar-refractivity contribution in [2.45, 2.75) is 25.9 Å². The molecule has 2 aliphatic heterocycles. The first kappa shape index (κ1) is 20.0. The number of nitrogens with one attached hydrogen (secondary N) is 1. The quantitative estimate of drug-likeness (QED) is 0.691. The largest absolute Gasteiger partial charge is 0.489 e. The highest BCUT2D eigenvalue weighted by Crippen LogP contribution is 2.39. The second kappa shape index (κ2) is 7.96. The van der Waals surface area contributed by atoms with Gasteiger partial charge < -0.3 is 15.0 Å². The second-order valence-corrected chi connectivity index (χ2v) is 8.12. The monoisotopic (exact) mass is 429 g/mol. The van der Waals surface area contributed by atoms with Crippen LogP contribution in [0.2, 0.25) is 0 Å². The highest BCUT2D eigenvalue weighted by Gasteiger charge is 2.32. The number of hydrogen-bond acceptors (Lipinski definition) is 5. The summed E-state index contributed by atoms with van der Waals surface area (Å²) in [5.41, 5.74) is 5.10. The number of carbonyl (C=O) groups excluding carboxylic acids is 2. The van der Waals surface area contributed by atoms with Gasteiger partial charge in [0.05, 0.1) is 29.7 Å². The summed E-state index contributed by atoms with van der Waals surface area (Å²) in [6, 6.07) is 12.9. The molecule has 2 amide bonds. The van der Waals surface area contributed by atoms with Crippen LogP contribution in [-0.2, 0) is 17.8 Å². The Kier molecular flexibility index (Phi) is 4.97. The first-order valence-electron chi connectivity index (χ1n) is 10.5. The topological polar surface area (TPSA) is 88.8 Å². The van der Waals surface area contributed by atoms with Crippen molar-refractivity contribution in [3.8, 4) is 5.75 Å². The molecule has 2 aromatic carbocycles. The zero-order valence-corrected chi connectivity index (χ0v) is 17.9. The minimum atomic E-state index is -0.808. The van der Waals surface area contributed by atoms with Crippen LogP contribution in [-0.4, -0.2) is 47.0 Å². The van der Waals surface area contributed by atoms with Gasteiger partial charge in [-0.25, -0.2) is 0 Å². The molecule has 0 spiro atoms. The van der Waals surface area contributed by atoms with Crippen molar-refractivity contribution in [3.05, 3.63) is 71.5 Å². The number of benzene rings is 2. The zero-order chi connectivity index (χ0) is 22.2. The Morgan fingerprint density at radius 1 is 1.25 bits per heavy atom. The average Bonchev–Trinajstić information content (AvgIpc) is 3.38. The number of nitrogens with zero attached hydrogens (tertiary/aromatic N) is 4. The number of likely N-dealkylation sites (N-methyl/N-ethyl adjacent to an activating group) is 1. The number of amides is 2. The summed E-state index contributed by atoms with van der Waals surface area (Å²) in [7, 11) is 1.69. The Morgan fingerprint density at radius 2 is 2.06 bits per heavy atom. The molecule has 5 rings (SSSR count). The summed E-state index contributed by atoms with van der Waals surface area (Å²) >= 11 is 0. The number of anilines is 1. The van der Waals surface area contributed by atoms with Crippen LogP contribution in [0.5, 0.6) is 5.75 Å². The van der Waals surface area contributed by atoms with Gasteiger partial charge in [0.2, 0.25) is 0 Å². The Bertz CT molecular complexity index is 1230. The van der Waals surface area contributed by atoms with Crippen LogP contribution in [0.1, 0.15) is 28.4 Å². The van der Waals surface area contributed by atoms with Gasteiger partial charge in [-0.3, -0.25) is 19.3 Å². The fourth-order valence-electron chi connectivity index (χ4n) is 4.02. The van der Waals surface area contributed by atoms with Crippen LogP contribution in [0.25, 0.3) is 0 Å². The summed E-state index contributed by atoms with van der Waals surface area (Å²) in [6.45, 7) is 2.59. The lowest BCUT2D eigenvalue weighted by atomic mass is 10.1. The van der Waals surface area contributed by atoms with Gasteiger partial charge in [-0.2, -0.15) is 5.10 Å². The molecule has 2 aliphatic rings. The molecule has 0 aliphatic carbocycles. The molecule has 1 N–H and O–H groups in total. The van der Waals surface area contributed by atoms with Crippen molar-refractivity contribution in [3.63, 3.8) is 0 Å². The molecule has 8 heteroatoms. The van der Waals surface area contributed by atoms with Gasteiger partial charge in [-0.1, -0.05) is 30.3 Å². The highest BCUT2D eigenvalue weighted by atomic mass is 16.5. The Labute approximate surface area is 185 Å². The average molecular weight is 429 g/mol. The molecule has 0 unspecified atom stereocenters. The van der Waals surface area contributed by atoms with Gasteiger partial charge in [0.25, 0.3) is 11.8 Å². The summed E-state index contributed by atoms with van der Waals surface area (Å²) in [5, 5.41) is 7.06. The lowest BCUT2D eigenvalue weighted by Gasteiger charge is -2.20. The minimum absolute atomic E-state index is 0.0543. The maximum Gasteiger partial charge on any atom is 0.255 e. The molecular formula is C24H23N5O3. The number of rotatable bonds is 4. The third-order valence-electron chi connectivity index (χ3n) is 5.70. The lowest BCUT2D eigenvalue weighted by molar-refractivity contribution is -0.120. The van der Waals surface area contributed by atoms with E-state index in [-0.39, 0.29) is 18.4 Å². The third kappa shape index (κ3) is 3.75. The number of aromatic nitrogens is 2. The van der Waals surface area contributed by atoms with Gasteiger partial charge >= 0.3 is 0 Å². The fraction of sp³-hybridized carbons (Fsp3) is 0.250. The van der Waals surface area contributed by atoms with Gasteiger partial charge in [-0.05, 0) is 30.2 Å². The van der Waals surface area contributed by atoms with E-state index >= 15 is 0 Å². The van der Waals surface area contributed by atoms with Crippen molar-refractivity contribution in [2.75, 3.05) is 18.6 Å². The van der Waals surface area contributed by atoms with Gasteiger partial charge in [0, 0.05) is 25.4 Å². The Morgan fingerprint density at radius 3 is 2.88 bits per heavy atom. The maximum absolute atomic E-state index is 13.1. The molecule has 0 saturated heterocycles. The van der Waals surface area contributed by atoms with Gasteiger partial charge in [0.15, 0.2) is 0 Å². The minimum Gasteiger partial charge on any atom is -0.489 e. The molecule has 0 fully saturated rings. The predicted molar refractivity (Wildman–Crippen MR) is 121 cm³/mol. The number of carbonyl (C=O) groups is 2. The molecule has 1 aromatic heterocycles. The molecule has 3 heterocycles. The van der Waals surface area contributed by atoms with Gasteiger partial charge in [0.1, 0.15) is 18.4 Å². The zero-order valence-electron chi connectivity index (χ0n) is 17.9. The molecule has 32 heavy (non-hydrogen) atoms. The third-order valence-corrected chi connectivity index (χ3v) is 5.70. The number of ether oxygens (including phenoxy) is 1. The van der Waals surface area contributed by atoms with E-state index in [1.807, 2.05) is 49.4 Å². The number of aliphatic imine (C=N–C) groups is 1. The molecule has 0 saturated carbocycles.